The van der Waals surface area contributed by atoms with Crippen LogP contribution in [0.4, 0.5) is 0 Å². The van der Waals surface area contributed by atoms with Gasteiger partial charge in [0.05, 0.1) is 5.56 Å². The second kappa shape index (κ2) is 5.81. The monoisotopic (exact) mass is 233 g/mol. The second-order valence-corrected chi connectivity index (χ2v) is 3.05. The van der Waals surface area contributed by atoms with Crippen molar-refractivity contribution in [1.29, 1.82) is 0 Å². The van der Waals surface area contributed by atoms with E-state index in [2.05, 4.69) is 4.98 Å². The van der Waals surface area contributed by atoms with E-state index in [1.54, 1.807) is 24.3 Å². The number of fused-ring (bicyclic) bond motifs is 1. The Morgan fingerprint density at radius 2 is 1.82 bits per heavy atom. The summed E-state index contributed by atoms with van der Waals surface area (Å²) in [7, 11) is 0. The molecule has 17 heavy (non-hydrogen) atoms. The number of H-pyrrole nitrogens is 1. The first-order valence-electron chi connectivity index (χ1n) is 5.35. The highest BCUT2D eigenvalue weighted by atomic mass is 16.2. The summed E-state index contributed by atoms with van der Waals surface area (Å²) >= 11 is 0. The molecule has 0 aliphatic rings. The Morgan fingerprint density at radius 1 is 1.24 bits per heavy atom. The molecule has 0 fully saturated rings. The van der Waals surface area contributed by atoms with E-state index in [-0.39, 0.29) is 5.56 Å². The summed E-state index contributed by atoms with van der Waals surface area (Å²) in [4.78, 5) is 25.3. The summed E-state index contributed by atoms with van der Waals surface area (Å²) in [6.45, 7) is 4.00. The first-order chi connectivity index (χ1) is 8.24. The Kier molecular flexibility index (Phi) is 4.42. The molecule has 90 valence electrons. The van der Waals surface area contributed by atoms with Crippen LogP contribution in [-0.4, -0.2) is 10.9 Å². The third kappa shape index (κ3) is 2.51. The molecule has 5 nitrogen and oxygen atoms in total. The van der Waals surface area contributed by atoms with Crippen LogP contribution in [0.3, 0.4) is 0 Å². The number of nitrogen functional groups attached to an aromatic ring is 1. The van der Waals surface area contributed by atoms with Crippen LogP contribution >= 0.6 is 0 Å². The molecule has 0 saturated carbocycles. The molecule has 2 rings (SSSR count). The van der Waals surface area contributed by atoms with Gasteiger partial charge in [0.25, 0.3) is 11.5 Å². The van der Waals surface area contributed by atoms with E-state index in [4.69, 9.17) is 5.84 Å². The molecule has 0 aliphatic heterocycles. The fourth-order valence-electron chi connectivity index (χ4n) is 1.47. The van der Waals surface area contributed by atoms with Crippen LogP contribution < -0.4 is 16.8 Å². The molecule has 0 spiro atoms. The maximum atomic E-state index is 11.4. The molecule has 1 amide bonds. The zero-order chi connectivity index (χ0) is 12.8. The van der Waals surface area contributed by atoms with Gasteiger partial charge in [-0.2, -0.15) is 0 Å². The van der Waals surface area contributed by atoms with Gasteiger partial charge in [-0.05, 0) is 6.07 Å². The summed E-state index contributed by atoms with van der Waals surface area (Å²) in [5.74, 6) is 4.61. The molecule has 4 N–H and O–H groups in total. The topological polar surface area (TPSA) is 88.0 Å². The Bertz CT molecular complexity index is 575. The van der Waals surface area contributed by atoms with E-state index in [1.165, 1.54) is 6.20 Å². The average molecular weight is 233 g/mol. The molecule has 0 radical (unpaired) electrons. The third-order valence-electron chi connectivity index (χ3n) is 2.19. The summed E-state index contributed by atoms with van der Waals surface area (Å²) in [6, 6.07) is 6.85. The molecule has 0 unspecified atom stereocenters. The number of hydrogen-bond donors (Lipinski definition) is 3. The van der Waals surface area contributed by atoms with Crippen molar-refractivity contribution in [3.63, 3.8) is 0 Å². The van der Waals surface area contributed by atoms with Gasteiger partial charge in [0.2, 0.25) is 0 Å². The largest absolute Gasteiger partial charge is 0.328 e. The molecule has 5 heteroatoms. The van der Waals surface area contributed by atoms with Crippen molar-refractivity contribution in [2.24, 2.45) is 5.84 Å². The van der Waals surface area contributed by atoms with E-state index in [0.29, 0.717) is 16.3 Å². The van der Waals surface area contributed by atoms with Gasteiger partial charge in [-0.15, -0.1) is 0 Å². The van der Waals surface area contributed by atoms with Crippen molar-refractivity contribution in [3.05, 3.63) is 46.4 Å². The van der Waals surface area contributed by atoms with Gasteiger partial charge in [0.15, 0.2) is 0 Å². The number of nitrogens with one attached hydrogen (secondary N) is 2. The molecular formula is C12H15N3O2. The lowest BCUT2D eigenvalue weighted by Crippen LogP contribution is -2.30. The van der Waals surface area contributed by atoms with Crippen molar-refractivity contribution in [1.82, 2.24) is 10.4 Å². The van der Waals surface area contributed by atoms with Gasteiger partial charge < -0.3 is 4.98 Å². The van der Waals surface area contributed by atoms with Gasteiger partial charge >= 0.3 is 0 Å². The average Bonchev–Trinajstić information content (AvgIpc) is 2.41. The Balaban J connectivity index is 0.000000686. The van der Waals surface area contributed by atoms with Crippen LogP contribution in [0.25, 0.3) is 10.8 Å². The Morgan fingerprint density at radius 3 is 2.41 bits per heavy atom. The zero-order valence-corrected chi connectivity index (χ0v) is 9.78. The molecule has 0 aliphatic carbocycles. The number of hydrogen-bond acceptors (Lipinski definition) is 3. The van der Waals surface area contributed by atoms with Crippen molar-refractivity contribution < 1.29 is 4.79 Å². The second-order valence-electron chi connectivity index (χ2n) is 3.05. The number of carbonyl (C=O) groups is 1. The lowest BCUT2D eigenvalue weighted by Gasteiger charge is -2.03. The quantitative estimate of drug-likeness (QED) is 0.392. The highest BCUT2D eigenvalue weighted by Crippen LogP contribution is 2.13. The summed E-state index contributed by atoms with van der Waals surface area (Å²) in [5.41, 5.74) is 2.16. The van der Waals surface area contributed by atoms with Crippen molar-refractivity contribution in [2.75, 3.05) is 0 Å². The zero-order valence-electron chi connectivity index (χ0n) is 9.78. The van der Waals surface area contributed by atoms with Gasteiger partial charge in [0, 0.05) is 17.0 Å². The number of amides is 1. The summed E-state index contributed by atoms with van der Waals surface area (Å²) in [5, 5.41) is 1.06. The van der Waals surface area contributed by atoms with Crippen molar-refractivity contribution in [3.8, 4) is 0 Å². The summed E-state index contributed by atoms with van der Waals surface area (Å²) in [6.07, 6.45) is 1.35. The molecule has 0 saturated heterocycles. The number of aromatic amines is 1. The number of pyridine rings is 1. The van der Waals surface area contributed by atoms with E-state index in [9.17, 15) is 9.59 Å². The minimum Gasteiger partial charge on any atom is -0.328 e. The number of nitrogens with two attached hydrogens (primary N) is 1. The van der Waals surface area contributed by atoms with Gasteiger partial charge in [-0.1, -0.05) is 32.0 Å². The maximum absolute atomic E-state index is 11.4. The van der Waals surface area contributed by atoms with Crippen LogP contribution in [0.2, 0.25) is 0 Å². The van der Waals surface area contributed by atoms with Crippen LogP contribution in [0.5, 0.6) is 0 Å². The number of hydrazine groups is 1. The first-order valence-corrected chi connectivity index (χ1v) is 5.35. The van der Waals surface area contributed by atoms with Gasteiger partial charge in [-0.3, -0.25) is 15.0 Å². The molecule has 0 bridgehead atoms. The number of benzene rings is 1. The van der Waals surface area contributed by atoms with E-state index in [1.807, 2.05) is 19.3 Å². The number of aromatic nitrogens is 1. The van der Waals surface area contributed by atoms with E-state index in [0.717, 1.165) is 0 Å². The molecule has 1 heterocycles. The fourth-order valence-corrected chi connectivity index (χ4v) is 1.47. The predicted molar refractivity (Wildman–Crippen MR) is 67.6 cm³/mol. The maximum Gasteiger partial charge on any atom is 0.267 e. The Hall–Kier alpha value is -2.14. The minimum atomic E-state index is -0.428. The standard InChI is InChI=1S/C10H9N3O2.C2H6/c11-13-10(15)8-5-12-9(14)7-4-2-1-3-6(7)8;1-2/h1-5H,11H2,(H,12,14)(H,13,15);1-2H3. The number of carbonyl (C=O) groups excluding carboxylic acids is 1. The third-order valence-corrected chi connectivity index (χ3v) is 2.19. The lowest BCUT2D eigenvalue weighted by atomic mass is 10.1. The smallest absolute Gasteiger partial charge is 0.267 e. The van der Waals surface area contributed by atoms with Crippen molar-refractivity contribution >= 4 is 16.7 Å². The Labute approximate surface area is 98.6 Å². The first kappa shape index (κ1) is 12.9. The van der Waals surface area contributed by atoms with E-state index < -0.39 is 5.91 Å². The molecule has 2 aromatic rings. The van der Waals surface area contributed by atoms with E-state index >= 15 is 0 Å². The summed E-state index contributed by atoms with van der Waals surface area (Å²) < 4.78 is 0. The highest BCUT2D eigenvalue weighted by Gasteiger charge is 2.09. The van der Waals surface area contributed by atoms with Gasteiger partial charge in [-0.25, -0.2) is 5.84 Å². The molecule has 1 aromatic heterocycles. The highest BCUT2D eigenvalue weighted by molar-refractivity contribution is 6.06. The van der Waals surface area contributed by atoms with Crippen LogP contribution in [0.15, 0.2) is 35.3 Å². The van der Waals surface area contributed by atoms with Crippen LogP contribution in [0, 0.1) is 0 Å². The van der Waals surface area contributed by atoms with Crippen LogP contribution in [-0.2, 0) is 0 Å². The fraction of sp³-hybridized carbons (Fsp3) is 0.167. The normalized spacial score (nSPS) is 9.35. The molecule has 0 atom stereocenters. The molecular weight excluding hydrogens is 218 g/mol. The SMILES string of the molecule is CC.NNC(=O)c1c[nH]c(=O)c2ccccc12. The van der Waals surface area contributed by atoms with Crippen molar-refractivity contribution in [2.45, 2.75) is 13.8 Å². The van der Waals surface area contributed by atoms with Crippen LogP contribution in [0.1, 0.15) is 24.2 Å². The van der Waals surface area contributed by atoms with Gasteiger partial charge in [0.1, 0.15) is 0 Å². The molecule has 1 aromatic carbocycles. The lowest BCUT2D eigenvalue weighted by molar-refractivity contribution is 0.0955. The number of rotatable bonds is 1. The predicted octanol–water partition coefficient (Wildman–Crippen LogP) is 1.16. The minimum absolute atomic E-state index is 0.223.